The van der Waals surface area contributed by atoms with Gasteiger partial charge in [0.05, 0.1) is 23.9 Å². The van der Waals surface area contributed by atoms with Gasteiger partial charge in [0.25, 0.3) is 0 Å². The Kier molecular flexibility index (Phi) is 4.35. The lowest BCUT2D eigenvalue weighted by Gasteiger charge is -2.07. The van der Waals surface area contributed by atoms with Crippen LogP contribution in [0.5, 0.6) is 5.75 Å². The normalized spacial score (nSPS) is 10.5. The highest BCUT2D eigenvalue weighted by Crippen LogP contribution is 2.27. The zero-order valence-corrected chi connectivity index (χ0v) is 13.9. The van der Waals surface area contributed by atoms with E-state index in [4.69, 9.17) is 9.72 Å². The molecule has 3 aromatic rings. The van der Waals surface area contributed by atoms with Crippen LogP contribution in [0.4, 0.5) is 0 Å². The predicted molar refractivity (Wildman–Crippen MR) is 95.0 cm³/mol. The molecule has 24 heavy (non-hydrogen) atoms. The fourth-order valence-corrected chi connectivity index (χ4v) is 2.59. The van der Waals surface area contributed by atoms with Gasteiger partial charge in [-0.1, -0.05) is 12.6 Å². The molecule has 0 saturated carbocycles. The van der Waals surface area contributed by atoms with E-state index in [1.807, 2.05) is 60.8 Å². The van der Waals surface area contributed by atoms with Gasteiger partial charge in [-0.05, 0) is 55.3 Å². The summed E-state index contributed by atoms with van der Waals surface area (Å²) in [4.78, 5) is 4.70. The van der Waals surface area contributed by atoms with Crippen molar-refractivity contribution in [1.82, 2.24) is 9.38 Å². The first-order valence-electron chi connectivity index (χ1n) is 7.80. The molecule has 4 nitrogen and oxygen atoms in total. The van der Waals surface area contributed by atoms with Gasteiger partial charge in [-0.25, -0.2) is 4.98 Å². The average Bonchev–Trinajstić information content (AvgIpc) is 2.92. The van der Waals surface area contributed by atoms with Crippen LogP contribution in [0.3, 0.4) is 0 Å². The zero-order chi connectivity index (χ0) is 17.1. The van der Waals surface area contributed by atoms with Gasteiger partial charge in [-0.3, -0.25) is 0 Å². The summed E-state index contributed by atoms with van der Waals surface area (Å²) in [6.45, 7) is 8.30. The predicted octanol–water partition coefficient (Wildman–Crippen LogP) is 4.33. The quantitative estimate of drug-likeness (QED) is 0.658. The van der Waals surface area contributed by atoms with Crippen molar-refractivity contribution in [3.8, 4) is 23.1 Å². The third-order valence-electron chi connectivity index (χ3n) is 3.72. The molecule has 2 heterocycles. The highest BCUT2D eigenvalue weighted by Gasteiger charge is 2.14. The van der Waals surface area contributed by atoms with E-state index in [1.165, 1.54) is 0 Å². The number of hydrogen-bond donors (Lipinski definition) is 0. The summed E-state index contributed by atoms with van der Waals surface area (Å²) in [6, 6.07) is 14.0. The van der Waals surface area contributed by atoms with Crippen molar-refractivity contribution in [2.45, 2.75) is 20.3 Å². The van der Waals surface area contributed by atoms with Gasteiger partial charge in [0.15, 0.2) is 0 Å². The number of aryl methyl sites for hydroxylation is 1. The molecular weight excluding hydrogens is 298 g/mol. The molecule has 0 aliphatic carbocycles. The number of pyridine rings is 1. The fourth-order valence-electron chi connectivity index (χ4n) is 2.59. The zero-order valence-electron chi connectivity index (χ0n) is 13.9. The minimum atomic E-state index is 0.313. The summed E-state index contributed by atoms with van der Waals surface area (Å²) in [5.41, 5.74) is 5.69. The third-order valence-corrected chi connectivity index (χ3v) is 3.72. The molecule has 0 bridgehead atoms. The maximum Gasteiger partial charge on any atom is 0.137 e. The number of benzene rings is 1. The lowest BCUT2D eigenvalue weighted by atomic mass is 10.1. The fraction of sp³-hybridized carbons (Fsp3) is 0.200. The van der Waals surface area contributed by atoms with Crippen molar-refractivity contribution < 1.29 is 4.74 Å². The van der Waals surface area contributed by atoms with Crippen LogP contribution in [-0.2, 0) is 6.42 Å². The van der Waals surface area contributed by atoms with Gasteiger partial charge in [-0.15, -0.1) is 0 Å². The Morgan fingerprint density at radius 2 is 2.00 bits per heavy atom. The topological polar surface area (TPSA) is 50.3 Å². The molecule has 0 N–H and O–H groups in total. The molecule has 0 amide bonds. The van der Waals surface area contributed by atoms with Crippen LogP contribution >= 0.6 is 0 Å². The number of ether oxygens (including phenoxy) is 1. The molecule has 0 unspecified atom stereocenters. The van der Waals surface area contributed by atoms with Gasteiger partial charge in [0, 0.05) is 11.8 Å². The molecule has 0 radical (unpaired) electrons. The summed E-state index contributed by atoms with van der Waals surface area (Å²) >= 11 is 0. The molecule has 3 rings (SSSR count). The summed E-state index contributed by atoms with van der Waals surface area (Å²) in [7, 11) is 0. The molecular formula is C20H19N3O. The van der Waals surface area contributed by atoms with Gasteiger partial charge in [0.1, 0.15) is 18.0 Å². The Labute approximate surface area is 141 Å². The molecule has 4 heteroatoms. The van der Waals surface area contributed by atoms with Gasteiger partial charge in [0.2, 0.25) is 0 Å². The van der Waals surface area contributed by atoms with E-state index < -0.39 is 0 Å². The molecule has 0 spiro atoms. The highest BCUT2D eigenvalue weighted by molar-refractivity contribution is 5.67. The first kappa shape index (κ1) is 15.8. The van der Waals surface area contributed by atoms with Crippen molar-refractivity contribution in [3.63, 3.8) is 0 Å². The SMILES string of the molecule is C=C(C)COc1ccc(-c2nc3ccc(C)cn3c2CC#N)cc1. The van der Waals surface area contributed by atoms with Crippen molar-refractivity contribution in [2.75, 3.05) is 6.61 Å². The molecule has 2 aromatic heterocycles. The standard InChI is InChI=1S/C20H19N3O/c1-14(2)13-24-17-7-5-16(6-8-17)20-18(10-11-21)23-12-15(3)4-9-19(23)22-20/h4-9,12H,1,10,13H2,2-3H3. The van der Waals surface area contributed by atoms with E-state index in [1.54, 1.807) is 0 Å². The van der Waals surface area contributed by atoms with E-state index in [0.29, 0.717) is 13.0 Å². The van der Waals surface area contributed by atoms with Crippen molar-refractivity contribution in [1.29, 1.82) is 5.26 Å². The average molecular weight is 317 g/mol. The lowest BCUT2D eigenvalue weighted by Crippen LogP contribution is -1.97. The molecule has 1 aromatic carbocycles. The summed E-state index contributed by atoms with van der Waals surface area (Å²) in [6.07, 6.45) is 2.33. The van der Waals surface area contributed by atoms with Crippen LogP contribution in [-0.4, -0.2) is 16.0 Å². The van der Waals surface area contributed by atoms with Gasteiger partial charge >= 0.3 is 0 Å². The monoisotopic (exact) mass is 317 g/mol. The minimum absolute atomic E-state index is 0.313. The van der Waals surface area contributed by atoms with Crippen LogP contribution in [0.25, 0.3) is 16.9 Å². The van der Waals surface area contributed by atoms with Crippen LogP contribution in [0.2, 0.25) is 0 Å². The van der Waals surface area contributed by atoms with Crippen molar-refractivity contribution in [2.24, 2.45) is 0 Å². The largest absolute Gasteiger partial charge is 0.489 e. The van der Waals surface area contributed by atoms with Crippen LogP contribution in [0.15, 0.2) is 54.7 Å². The number of rotatable bonds is 5. The van der Waals surface area contributed by atoms with Crippen LogP contribution in [0, 0.1) is 18.3 Å². The number of nitrogens with zero attached hydrogens (tertiary/aromatic N) is 3. The second-order valence-corrected chi connectivity index (χ2v) is 5.95. The Morgan fingerprint density at radius 3 is 2.67 bits per heavy atom. The number of imidazole rings is 1. The van der Waals surface area contributed by atoms with Gasteiger partial charge in [-0.2, -0.15) is 5.26 Å². The van der Waals surface area contributed by atoms with E-state index in [-0.39, 0.29) is 0 Å². The molecule has 0 fully saturated rings. The smallest absolute Gasteiger partial charge is 0.137 e. The van der Waals surface area contributed by atoms with E-state index >= 15 is 0 Å². The molecule has 0 atom stereocenters. The van der Waals surface area contributed by atoms with Crippen molar-refractivity contribution >= 4 is 5.65 Å². The molecule has 0 aliphatic rings. The Balaban J connectivity index is 2.00. The summed E-state index contributed by atoms with van der Waals surface area (Å²) in [5, 5.41) is 9.18. The number of nitriles is 1. The second-order valence-electron chi connectivity index (χ2n) is 5.95. The first-order valence-corrected chi connectivity index (χ1v) is 7.80. The maximum absolute atomic E-state index is 9.18. The molecule has 120 valence electrons. The van der Waals surface area contributed by atoms with Crippen LogP contribution < -0.4 is 4.74 Å². The van der Waals surface area contributed by atoms with Crippen LogP contribution in [0.1, 0.15) is 18.2 Å². The highest BCUT2D eigenvalue weighted by atomic mass is 16.5. The number of aromatic nitrogens is 2. The molecule has 0 aliphatic heterocycles. The maximum atomic E-state index is 9.18. The number of fused-ring (bicyclic) bond motifs is 1. The van der Waals surface area contributed by atoms with E-state index in [2.05, 4.69) is 12.6 Å². The number of hydrogen-bond acceptors (Lipinski definition) is 3. The second kappa shape index (κ2) is 6.59. The first-order chi connectivity index (χ1) is 11.6. The van der Waals surface area contributed by atoms with Gasteiger partial charge < -0.3 is 9.14 Å². The van der Waals surface area contributed by atoms with Crippen molar-refractivity contribution in [3.05, 3.63) is 66.0 Å². The minimum Gasteiger partial charge on any atom is -0.489 e. The molecule has 0 saturated heterocycles. The summed E-state index contributed by atoms with van der Waals surface area (Å²) < 4.78 is 7.63. The lowest BCUT2D eigenvalue weighted by molar-refractivity contribution is 0.353. The Bertz CT molecular complexity index is 930. The van der Waals surface area contributed by atoms with E-state index in [0.717, 1.165) is 39.5 Å². The Morgan fingerprint density at radius 1 is 1.25 bits per heavy atom. The summed E-state index contributed by atoms with van der Waals surface area (Å²) in [5.74, 6) is 0.795. The third kappa shape index (κ3) is 3.16. The van der Waals surface area contributed by atoms with E-state index in [9.17, 15) is 5.26 Å². The Hall–Kier alpha value is -3.06.